The van der Waals surface area contributed by atoms with Crippen molar-refractivity contribution < 1.29 is 23.1 Å². The van der Waals surface area contributed by atoms with Crippen molar-refractivity contribution in [1.82, 2.24) is 4.90 Å². The highest BCUT2D eigenvalue weighted by Crippen LogP contribution is 2.33. The van der Waals surface area contributed by atoms with Crippen LogP contribution in [0.5, 0.6) is 0 Å². The molecule has 1 aliphatic heterocycles. The molecule has 10 nitrogen and oxygen atoms in total. The van der Waals surface area contributed by atoms with Crippen LogP contribution in [0.1, 0.15) is 41.8 Å². The van der Waals surface area contributed by atoms with Gasteiger partial charge in [-0.25, -0.2) is 13.6 Å². The number of anilines is 2. The number of nitrogens with one attached hydrogen (secondary N) is 1. The highest BCUT2D eigenvalue weighted by molar-refractivity contribution is 7.89. The van der Waals surface area contributed by atoms with E-state index in [0.29, 0.717) is 35.5 Å². The third-order valence-corrected chi connectivity index (χ3v) is 7.67. The number of aliphatic hydroxyl groups is 1. The maximum Gasteiger partial charge on any atom is 0.255 e. The highest BCUT2D eigenvalue weighted by atomic mass is 32.2. The number of aliphatic imine (C=N–C) groups is 1. The number of nitrogen functional groups attached to an aromatic ring is 1. The number of sulfonamides is 1. The number of amides is 1. The van der Waals surface area contributed by atoms with Crippen LogP contribution in [0.15, 0.2) is 70.6 Å². The molecule has 41 heavy (non-hydrogen) atoms. The average molecular weight is 580 g/mol. The normalized spacial score (nSPS) is 14.8. The molecular formula is C30H37N5O5S. The summed E-state index contributed by atoms with van der Waals surface area (Å²) in [7, 11) is -3.98. The van der Waals surface area contributed by atoms with E-state index >= 15 is 0 Å². The van der Waals surface area contributed by atoms with Gasteiger partial charge in [-0.1, -0.05) is 30.3 Å². The molecule has 3 aromatic carbocycles. The molecule has 0 bridgehead atoms. The number of primary sulfonamides is 1. The maximum absolute atomic E-state index is 13.3. The summed E-state index contributed by atoms with van der Waals surface area (Å²) in [6.45, 7) is 7.89. The second-order valence-electron chi connectivity index (χ2n) is 10.7. The van der Waals surface area contributed by atoms with Crippen molar-refractivity contribution in [1.29, 1.82) is 0 Å². The van der Waals surface area contributed by atoms with Gasteiger partial charge in [0, 0.05) is 60.5 Å². The lowest BCUT2D eigenvalue weighted by atomic mass is 9.98. The van der Waals surface area contributed by atoms with Crippen molar-refractivity contribution in [3.63, 3.8) is 0 Å². The molecule has 0 radical (unpaired) electrons. The zero-order chi connectivity index (χ0) is 29.6. The zero-order valence-corrected chi connectivity index (χ0v) is 24.2. The third kappa shape index (κ3) is 8.69. The molecular weight excluding hydrogens is 542 g/mol. The van der Waals surface area contributed by atoms with E-state index in [9.17, 15) is 18.3 Å². The lowest BCUT2D eigenvalue weighted by molar-refractivity contribution is 0.0342. The number of rotatable bonds is 10. The Kier molecular flexibility index (Phi) is 9.57. The molecule has 0 aromatic heterocycles. The molecule has 4 rings (SSSR count). The lowest BCUT2D eigenvalue weighted by Gasteiger charge is -2.26. The summed E-state index contributed by atoms with van der Waals surface area (Å²) in [4.78, 5) is 19.8. The van der Waals surface area contributed by atoms with Gasteiger partial charge < -0.3 is 20.9 Å². The molecule has 0 saturated carbocycles. The molecule has 0 spiro atoms. The van der Waals surface area contributed by atoms with Crippen LogP contribution in [0.2, 0.25) is 0 Å². The summed E-state index contributed by atoms with van der Waals surface area (Å²) < 4.78 is 29.1. The number of nitrogens with zero attached hydrogens (tertiary/aromatic N) is 2. The molecule has 0 aliphatic carbocycles. The molecule has 11 heteroatoms. The topological polar surface area (TPSA) is 160 Å². The number of morpholine rings is 1. The number of nitrogens with two attached hydrogens (primary N) is 2. The minimum Gasteiger partial charge on any atom is -0.398 e. The Balaban J connectivity index is 1.65. The van der Waals surface area contributed by atoms with Crippen LogP contribution >= 0.6 is 0 Å². The largest absolute Gasteiger partial charge is 0.398 e. The fourth-order valence-corrected chi connectivity index (χ4v) is 4.96. The van der Waals surface area contributed by atoms with E-state index in [4.69, 9.17) is 15.6 Å². The van der Waals surface area contributed by atoms with Gasteiger partial charge >= 0.3 is 0 Å². The predicted molar refractivity (Wildman–Crippen MR) is 162 cm³/mol. The number of benzene rings is 3. The van der Waals surface area contributed by atoms with Crippen LogP contribution in [0.3, 0.4) is 0 Å². The molecule has 0 unspecified atom stereocenters. The maximum atomic E-state index is 13.3. The van der Waals surface area contributed by atoms with E-state index in [1.54, 1.807) is 32.2 Å². The first-order valence-corrected chi connectivity index (χ1v) is 14.9. The highest BCUT2D eigenvalue weighted by Gasteiger charge is 2.17. The van der Waals surface area contributed by atoms with Gasteiger partial charge in [-0.2, -0.15) is 0 Å². The monoisotopic (exact) mass is 579 g/mol. The fraction of sp³-hybridized carbons (Fsp3) is 0.333. The van der Waals surface area contributed by atoms with Gasteiger partial charge in [-0.15, -0.1) is 0 Å². The zero-order valence-electron chi connectivity index (χ0n) is 23.3. The van der Waals surface area contributed by atoms with E-state index in [1.165, 1.54) is 24.3 Å². The van der Waals surface area contributed by atoms with Gasteiger partial charge in [-0.05, 0) is 61.7 Å². The van der Waals surface area contributed by atoms with E-state index in [0.717, 1.165) is 44.0 Å². The molecule has 0 atom stereocenters. The Morgan fingerprint density at radius 3 is 2.49 bits per heavy atom. The van der Waals surface area contributed by atoms with Crippen molar-refractivity contribution in [3.05, 3.63) is 77.4 Å². The smallest absolute Gasteiger partial charge is 0.255 e. The van der Waals surface area contributed by atoms with E-state index in [2.05, 4.69) is 15.2 Å². The molecule has 218 valence electrons. The molecule has 6 N–H and O–H groups in total. The first-order valence-electron chi connectivity index (χ1n) is 13.4. The first-order chi connectivity index (χ1) is 19.4. The van der Waals surface area contributed by atoms with Crippen molar-refractivity contribution >= 4 is 33.5 Å². The Labute approximate surface area is 241 Å². The fourth-order valence-electron chi connectivity index (χ4n) is 4.40. The lowest BCUT2D eigenvalue weighted by Crippen LogP contribution is -2.35. The van der Waals surface area contributed by atoms with Gasteiger partial charge in [0.15, 0.2) is 0 Å². The Morgan fingerprint density at radius 1 is 1.12 bits per heavy atom. The first kappa shape index (κ1) is 30.4. The number of hydrogen-bond acceptors (Lipinski definition) is 8. The molecule has 1 heterocycles. The second-order valence-corrected chi connectivity index (χ2v) is 12.3. The van der Waals surface area contributed by atoms with Crippen LogP contribution in [0.4, 0.5) is 11.4 Å². The number of carbonyl (C=O) groups is 1. The third-order valence-electron chi connectivity index (χ3n) is 6.75. The summed E-state index contributed by atoms with van der Waals surface area (Å²) in [5.74, 6) is -0.504. The average Bonchev–Trinajstić information content (AvgIpc) is 2.92. The molecule has 1 amide bonds. The van der Waals surface area contributed by atoms with Crippen LogP contribution in [-0.2, 0) is 21.3 Å². The van der Waals surface area contributed by atoms with Gasteiger partial charge in [0.25, 0.3) is 5.91 Å². The number of hydrogen-bond donors (Lipinski definition) is 4. The van der Waals surface area contributed by atoms with Gasteiger partial charge in [0.05, 0.1) is 23.7 Å². The minimum absolute atomic E-state index is 0.139. The van der Waals surface area contributed by atoms with Crippen LogP contribution in [-0.4, -0.2) is 69.0 Å². The Bertz CT molecular complexity index is 1510. The van der Waals surface area contributed by atoms with Gasteiger partial charge in [0.2, 0.25) is 10.0 Å². The van der Waals surface area contributed by atoms with E-state index < -0.39 is 21.5 Å². The number of carbonyl (C=O) groups excluding carboxylic acids is 1. The van der Waals surface area contributed by atoms with E-state index in [-0.39, 0.29) is 10.5 Å². The Morgan fingerprint density at radius 2 is 1.83 bits per heavy atom. The summed E-state index contributed by atoms with van der Waals surface area (Å²) in [5, 5.41) is 18.1. The minimum atomic E-state index is -3.98. The summed E-state index contributed by atoms with van der Waals surface area (Å²) >= 11 is 0. The van der Waals surface area contributed by atoms with Crippen LogP contribution < -0.4 is 16.2 Å². The van der Waals surface area contributed by atoms with Crippen LogP contribution in [0.25, 0.3) is 11.1 Å². The van der Waals surface area contributed by atoms with Crippen molar-refractivity contribution in [2.45, 2.75) is 37.3 Å². The summed E-state index contributed by atoms with van der Waals surface area (Å²) in [6, 6.07) is 17.1. The SMILES string of the molecule is CC(C)(O)CCN=Cc1cc(NC(=O)c2cccc(S(N)(=O)=O)c2)c(-c2ccc(CN3CCOCC3)cc2)cc1N. The molecule has 1 fully saturated rings. The van der Waals surface area contributed by atoms with Gasteiger partial charge in [0.1, 0.15) is 0 Å². The number of ether oxygens (including phenoxy) is 1. The van der Waals surface area contributed by atoms with Crippen molar-refractivity contribution in [3.8, 4) is 11.1 Å². The summed E-state index contributed by atoms with van der Waals surface area (Å²) in [5.41, 5.74) is 9.96. The van der Waals surface area contributed by atoms with Crippen molar-refractivity contribution in [2.75, 3.05) is 43.9 Å². The van der Waals surface area contributed by atoms with Crippen molar-refractivity contribution in [2.24, 2.45) is 10.1 Å². The van der Waals surface area contributed by atoms with Crippen LogP contribution in [0, 0.1) is 0 Å². The van der Waals surface area contributed by atoms with Gasteiger partial charge in [-0.3, -0.25) is 14.7 Å². The molecule has 3 aromatic rings. The molecule has 1 saturated heterocycles. The molecule has 1 aliphatic rings. The second kappa shape index (κ2) is 12.9. The Hall–Kier alpha value is -3.61. The predicted octanol–water partition coefficient (Wildman–Crippen LogP) is 3.25. The quantitative estimate of drug-likeness (QED) is 0.212. The van der Waals surface area contributed by atoms with E-state index in [1.807, 2.05) is 24.3 Å². The summed E-state index contributed by atoms with van der Waals surface area (Å²) in [6.07, 6.45) is 2.09. The standard InChI is InChI=1S/C30H37N5O5S/c1-30(2,37)10-11-33-19-24-17-28(34-29(36)23-4-3-5-25(16-23)41(32,38)39)26(18-27(24)31)22-8-6-21(7-9-22)20-35-12-14-40-15-13-35/h3-9,16-19,37H,10-15,20,31H2,1-2H3,(H,34,36)(H2,32,38,39).